The second kappa shape index (κ2) is 3.72. The number of carboxylic acid groups (broad SMARTS) is 2. The summed E-state index contributed by atoms with van der Waals surface area (Å²) in [5.41, 5.74) is -0.836. The quantitative estimate of drug-likeness (QED) is 0.482. The summed E-state index contributed by atoms with van der Waals surface area (Å²) in [6, 6.07) is 0. The van der Waals surface area contributed by atoms with E-state index in [9.17, 15) is 9.59 Å². The van der Waals surface area contributed by atoms with Crippen molar-refractivity contribution in [3.8, 4) is 0 Å². The van der Waals surface area contributed by atoms with E-state index in [-0.39, 0.29) is 5.57 Å². The van der Waals surface area contributed by atoms with Gasteiger partial charge in [-0.3, -0.25) is 0 Å². The molecule has 3 N–H and O–H groups in total. The normalized spacial score (nSPS) is 12.2. The number of aliphatic hydroxyl groups is 1. The zero-order chi connectivity index (χ0) is 9.02. The van der Waals surface area contributed by atoms with Crippen LogP contribution in [0.25, 0.3) is 0 Å². The Labute approximate surface area is 62.6 Å². The molecule has 0 aliphatic heterocycles. The van der Waals surface area contributed by atoms with E-state index >= 15 is 0 Å². The van der Waals surface area contributed by atoms with Crippen molar-refractivity contribution in [1.82, 2.24) is 0 Å². The van der Waals surface area contributed by atoms with Crippen LogP contribution in [0, 0.1) is 0 Å². The zero-order valence-electron chi connectivity index (χ0n) is 5.87. The van der Waals surface area contributed by atoms with Gasteiger partial charge in [0.15, 0.2) is 0 Å². The Morgan fingerprint density at radius 3 is 1.73 bits per heavy atom. The second-order valence-corrected chi connectivity index (χ2v) is 1.87. The number of hydrogen-bond donors (Lipinski definition) is 3. The summed E-state index contributed by atoms with van der Waals surface area (Å²) >= 11 is 0. The molecule has 0 rings (SSSR count). The average molecular weight is 160 g/mol. The summed E-state index contributed by atoms with van der Waals surface area (Å²) in [6.07, 6.45) is 0. The van der Waals surface area contributed by atoms with Crippen LogP contribution in [0.15, 0.2) is 11.1 Å². The van der Waals surface area contributed by atoms with E-state index in [1.807, 2.05) is 0 Å². The van der Waals surface area contributed by atoms with Crippen molar-refractivity contribution in [2.75, 3.05) is 6.61 Å². The third kappa shape index (κ3) is 2.38. The van der Waals surface area contributed by atoms with Gasteiger partial charge in [0.2, 0.25) is 0 Å². The minimum absolute atomic E-state index is 0.347. The first-order valence-corrected chi connectivity index (χ1v) is 2.78. The number of hydrogen-bond acceptors (Lipinski definition) is 3. The Balaban J connectivity index is 4.83. The fourth-order valence-electron chi connectivity index (χ4n) is 0.476. The van der Waals surface area contributed by atoms with E-state index in [4.69, 9.17) is 15.3 Å². The summed E-state index contributed by atoms with van der Waals surface area (Å²) in [4.78, 5) is 20.4. The highest BCUT2D eigenvalue weighted by molar-refractivity contribution is 5.98. The van der Waals surface area contributed by atoms with E-state index < -0.39 is 24.1 Å². The Morgan fingerprint density at radius 2 is 1.64 bits per heavy atom. The molecule has 0 aliphatic rings. The number of carbonyl (C=O) groups is 2. The number of aliphatic carboxylic acids is 2. The maximum Gasteiger partial charge on any atom is 0.334 e. The van der Waals surface area contributed by atoms with Gasteiger partial charge in [-0.05, 0) is 6.92 Å². The second-order valence-electron chi connectivity index (χ2n) is 1.87. The molecule has 62 valence electrons. The van der Waals surface area contributed by atoms with Crippen molar-refractivity contribution in [3.05, 3.63) is 11.1 Å². The Hall–Kier alpha value is -1.36. The molecule has 0 radical (unpaired) electrons. The highest BCUT2D eigenvalue weighted by Gasteiger charge is 2.14. The highest BCUT2D eigenvalue weighted by Crippen LogP contribution is 2.02. The van der Waals surface area contributed by atoms with Crippen LogP contribution in [0.4, 0.5) is 0 Å². The van der Waals surface area contributed by atoms with E-state index in [2.05, 4.69) is 0 Å². The lowest BCUT2D eigenvalue weighted by Crippen LogP contribution is -2.12. The number of aliphatic hydroxyl groups excluding tert-OH is 1. The van der Waals surface area contributed by atoms with Gasteiger partial charge in [0.05, 0.1) is 12.2 Å². The molecule has 0 aromatic heterocycles. The monoisotopic (exact) mass is 160 g/mol. The predicted molar refractivity (Wildman–Crippen MR) is 35.1 cm³/mol. The molecule has 0 saturated heterocycles. The molecule has 0 aliphatic carbocycles. The van der Waals surface area contributed by atoms with Crippen molar-refractivity contribution in [1.29, 1.82) is 0 Å². The van der Waals surface area contributed by atoms with Gasteiger partial charge >= 0.3 is 11.9 Å². The van der Waals surface area contributed by atoms with Crippen molar-refractivity contribution < 1.29 is 24.9 Å². The fraction of sp³-hybridized carbons (Fsp3) is 0.333. The molecule has 0 spiro atoms. The highest BCUT2D eigenvalue weighted by atomic mass is 16.4. The summed E-state index contributed by atoms with van der Waals surface area (Å²) in [7, 11) is 0. The average Bonchev–Trinajstić information content (AvgIpc) is 1.88. The predicted octanol–water partition coefficient (Wildman–Crippen LogP) is -0.536. The molecule has 11 heavy (non-hydrogen) atoms. The molecule has 0 heterocycles. The van der Waals surface area contributed by atoms with Crippen molar-refractivity contribution in [2.24, 2.45) is 0 Å². The van der Waals surface area contributed by atoms with Crippen molar-refractivity contribution in [2.45, 2.75) is 6.92 Å². The number of carboxylic acids is 2. The summed E-state index contributed by atoms with van der Waals surface area (Å²) in [5.74, 6) is -2.75. The molecule has 0 atom stereocenters. The van der Waals surface area contributed by atoms with Crippen LogP contribution < -0.4 is 0 Å². The first kappa shape index (κ1) is 9.64. The van der Waals surface area contributed by atoms with E-state index in [1.165, 1.54) is 0 Å². The standard InChI is InChI=1S/C6H8O5/c1-3(5(8)9)4(2-7)6(10)11/h7H,2H2,1H3,(H,8,9)(H,10,11). The molecule has 5 heteroatoms. The van der Waals surface area contributed by atoms with Gasteiger partial charge in [-0.15, -0.1) is 0 Å². The Kier molecular flexibility index (Phi) is 3.26. The van der Waals surface area contributed by atoms with Crippen LogP contribution in [0.1, 0.15) is 6.92 Å². The molecule has 0 saturated carbocycles. The first-order chi connectivity index (χ1) is 5.00. The van der Waals surface area contributed by atoms with Gasteiger partial charge < -0.3 is 15.3 Å². The third-order valence-corrected chi connectivity index (χ3v) is 1.19. The largest absolute Gasteiger partial charge is 0.478 e. The molecule has 0 fully saturated rings. The zero-order valence-corrected chi connectivity index (χ0v) is 5.87. The summed E-state index contributed by atoms with van der Waals surface area (Å²) < 4.78 is 0. The van der Waals surface area contributed by atoms with Crippen LogP contribution in [-0.2, 0) is 9.59 Å². The molecular formula is C6H8O5. The molecule has 0 bridgehead atoms. The van der Waals surface area contributed by atoms with Crippen molar-refractivity contribution in [3.63, 3.8) is 0 Å². The van der Waals surface area contributed by atoms with E-state index in [0.717, 1.165) is 6.92 Å². The minimum Gasteiger partial charge on any atom is -0.478 e. The Morgan fingerprint density at radius 1 is 1.18 bits per heavy atom. The lowest BCUT2D eigenvalue weighted by Gasteiger charge is -1.99. The minimum atomic E-state index is -1.41. The molecule has 0 unspecified atom stereocenters. The lowest BCUT2D eigenvalue weighted by atomic mass is 10.1. The molecule has 0 aromatic carbocycles. The summed E-state index contributed by atoms with van der Waals surface area (Å²) in [6.45, 7) is 0.357. The molecule has 0 amide bonds. The molecular weight excluding hydrogens is 152 g/mol. The fourth-order valence-corrected chi connectivity index (χ4v) is 0.476. The van der Waals surface area contributed by atoms with Crippen LogP contribution in [-0.4, -0.2) is 33.9 Å². The first-order valence-electron chi connectivity index (χ1n) is 2.78. The lowest BCUT2D eigenvalue weighted by molar-refractivity contribution is -0.136. The topological polar surface area (TPSA) is 94.8 Å². The van der Waals surface area contributed by atoms with Crippen LogP contribution in [0.3, 0.4) is 0 Å². The summed E-state index contributed by atoms with van der Waals surface area (Å²) in [5, 5.41) is 25.0. The van der Waals surface area contributed by atoms with Gasteiger partial charge in [-0.25, -0.2) is 9.59 Å². The maximum absolute atomic E-state index is 10.2. The van der Waals surface area contributed by atoms with Gasteiger partial charge in [-0.2, -0.15) is 0 Å². The van der Waals surface area contributed by atoms with Gasteiger partial charge in [0, 0.05) is 5.57 Å². The molecule has 5 nitrogen and oxygen atoms in total. The van der Waals surface area contributed by atoms with Gasteiger partial charge in [0.1, 0.15) is 0 Å². The smallest absolute Gasteiger partial charge is 0.334 e. The van der Waals surface area contributed by atoms with Crippen LogP contribution >= 0.6 is 0 Å². The van der Waals surface area contributed by atoms with Gasteiger partial charge in [-0.1, -0.05) is 0 Å². The van der Waals surface area contributed by atoms with E-state index in [0.29, 0.717) is 0 Å². The maximum atomic E-state index is 10.2. The van der Waals surface area contributed by atoms with Crippen LogP contribution in [0.2, 0.25) is 0 Å². The number of rotatable bonds is 3. The molecule has 0 aromatic rings. The van der Waals surface area contributed by atoms with Crippen molar-refractivity contribution >= 4 is 11.9 Å². The van der Waals surface area contributed by atoms with E-state index in [1.54, 1.807) is 0 Å². The Bertz CT molecular complexity index is 215. The van der Waals surface area contributed by atoms with Gasteiger partial charge in [0.25, 0.3) is 0 Å². The SMILES string of the molecule is CC(C(=O)O)=C(CO)C(=O)O. The third-order valence-electron chi connectivity index (χ3n) is 1.19. The van der Waals surface area contributed by atoms with Crippen LogP contribution in [0.5, 0.6) is 0 Å².